The summed E-state index contributed by atoms with van der Waals surface area (Å²) in [5.41, 5.74) is -0.118. The molecule has 146 valence electrons. The summed E-state index contributed by atoms with van der Waals surface area (Å²) in [5.74, 6) is -3.06. The number of nitrogens with zero attached hydrogens (tertiary/aromatic N) is 1. The predicted octanol–water partition coefficient (Wildman–Crippen LogP) is -4.18. The van der Waals surface area contributed by atoms with Crippen molar-refractivity contribution in [1.82, 2.24) is 10.3 Å². The van der Waals surface area contributed by atoms with Crippen LogP contribution < -0.4 is 37.4 Å². The van der Waals surface area contributed by atoms with E-state index in [0.717, 1.165) is 0 Å². The fourth-order valence-corrected chi connectivity index (χ4v) is 3.01. The lowest BCUT2D eigenvalue weighted by molar-refractivity contribution is -0.138. The first kappa shape index (κ1) is 24.5. The number of ether oxygens (including phenoxy) is 1. The molecule has 0 fully saturated rings. The van der Waals surface area contributed by atoms with E-state index < -0.39 is 28.7 Å². The third-order valence-electron chi connectivity index (χ3n) is 4.90. The number of aryl methyl sites for hydroxylation is 1. The van der Waals surface area contributed by atoms with Gasteiger partial charge < -0.3 is 20.3 Å². The van der Waals surface area contributed by atoms with Crippen LogP contribution in [-0.2, 0) is 4.79 Å². The van der Waals surface area contributed by atoms with Gasteiger partial charge in [0.1, 0.15) is 66.4 Å². The Morgan fingerprint density at radius 1 is 0.970 bits per heavy atom. The molecule has 0 spiro atoms. The van der Waals surface area contributed by atoms with E-state index in [1.807, 2.05) is 5.32 Å². The Hall–Kier alpha value is -3.16. The minimum absolute atomic E-state index is 0.000263. The van der Waals surface area contributed by atoms with Crippen LogP contribution in [-0.4, -0.2) is 87.3 Å². The molecule has 0 bridgehead atoms. The second kappa shape index (κ2) is 8.65. The molecular weight excluding hydrogens is 412 g/mol. The van der Waals surface area contributed by atoms with Crippen molar-refractivity contribution in [3.8, 4) is 17.2 Å². The van der Waals surface area contributed by atoms with E-state index in [-0.39, 0.29) is 44.2 Å². The molecule has 33 heavy (non-hydrogen) atoms. The summed E-state index contributed by atoms with van der Waals surface area (Å²) in [5, 5.41) is 19.5. The van der Waals surface area contributed by atoms with Crippen molar-refractivity contribution in [3.63, 3.8) is 0 Å². The van der Waals surface area contributed by atoms with Crippen molar-refractivity contribution >= 4 is 105 Å². The Morgan fingerprint density at radius 2 is 1.52 bits per heavy atom. The molecular formula is C19H9B7N2O5. The van der Waals surface area contributed by atoms with Crippen LogP contribution in [0.2, 0.25) is 0 Å². The van der Waals surface area contributed by atoms with Crippen molar-refractivity contribution in [2.24, 2.45) is 0 Å². The van der Waals surface area contributed by atoms with E-state index >= 15 is 0 Å². The molecule has 1 aromatic heterocycles. The normalized spacial score (nSPS) is 11.3. The molecule has 14 heteroatoms. The van der Waals surface area contributed by atoms with Gasteiger partial charge in [-0.05, 0) is 25.1 Å². The number of fused-ring (bicyclic) bond motifs is 1. The van der Waals surface area contributed by atoms with Gasteiger partial charge >= 0.3 is 5.97 Å². The molecule has 3 N–H and O–H groups in total. The second-order valence-electron chi connectivity index (χ2n) is 7.23. The zero-order valence-electron chi connectivity index (χ0n) is 17.3. The van der Waals surface area contributed by atoms with Gasteiger partial charge in [0.2, 0.25) is 0 Å². The Kier molecular flexibility index (Phi) is 6.42. The summed E-state index contributed by atoms with van der Waals surface area (Å²) in [7, 11) is 40.0. The molecule has 2 aromatic carbocycles. The number of carboxylic acid groups (broad SMARTS) is 1. The molecule has 7 nitrogen and oxygen atoms in total. The average Bonchev–Trinajstić information content (AvgIpc) is 2.75. The summed E-state index contributed by atoms with van der Waals surface area (Å²) < 4.78 is 5.78. The van der Waals surface area contributed by atoms with Gasteiger partial charge in [-0.2, -0.15) is 0 Å². The lowest BCUT2D eigenvalue weighted by Gasteiger charge is -2.22. The molecule has 0 aliphatic rings. The Bertz CT molecular complexity index is 1300. The predicted molar refractivity (Wildman–Crippen MR) is 131 cm³/mol. The largest absolute Gasteiger partial charge is 0.505 e. The van der Waals surface area contributed by atoms with Gasteiger partial charge in [0, 0.05) is 16.5 Å². The lowest BCUT2D eigenvalue weighted by atomic mass is 9.62. The minimum Gasteiger partial charge on any atom is -0.505 e. The van der Waals surface area contributed by atoms with Crippen LogP contribution in [0.25, 0.3) is 10.8 Å². The molecule has 0 aliphatic carbocycles. The van der Waals surface area contributed by atoms with Crippen LogP contribution in [0.1, 0.15) is 16.2 Å². The van der Waals surface area contributed by atoms with E-state index in [9.17, 15) is 14.7 Å². The Balaban J connectivity index is 2.05. The highest BCUT2D eigenvalue weighted by Crippen LogP contribution is 2.33. The number of hydrogen-bond donors (Lipinski definition) is 3. The van der Waals surface area contributed by atoms with Crippen LogP contribution in [0.3, 0.4) is 0 Å². The quantitative estimate of drug-likeness (QED) is 0.361. The van der Waals surface area contributed by atoms with Crippen LogP contribution in [0.15, 0.2) is 18.2 Å². The number of hydrogen-bond acceptors (Lipinski definition) is 5. The molecule has 0 atom stereocenters. The van der Waals surface area contributed by atoms with Gasteiger partial charge in [0.05, 0.1) is 5.34 Å². The van der Waals surface area contributed by atoms with Crippen molar-refractivity contribution in [2.75, 3.05) is 0 Å². The Labute approximate surface area is 198 Å². The number of aromatic hydroxyl groups is 1. The van der Waals surface area contributed by atoms with Gasteiger partial charge in [0.25, 0.3) is 5.91 Å². The first-order valence-corrected chi connectivity index (χ1v) is 9.22. The highest BCUT2D eigenvalue weighted by Gasteiger charge is 2.30. The van der Waals surface area contributed by atoms with Crippen LogP contribution in [0, 0.1) is 6.92 Å². The number of aromatic nitrogens is 1. The minimum atomic E-state index is -2.56. The number of pyridine rings is 1. The van der Waals surface area contributed by atoms with Gasteiger partial charge in [-0.15, -0.1) is 16.4 Å². The van der Waals surface area contributed by atoms with Crippen LogP contribution in [0.5, 0.6) is 17.2 Å². The highest BCUT2D eigenvalue weighted by atomic mass is 16.5. The van der Waals surface area contributed by atoms with Crippen molar-refractivity contribution < 1.29 is 24.5 Å². The fourth-order valence-electron chi connectivity index (χ4n) is 3.01. The van der Waals surface area contributed by atoms with Crippen LogP contribution >= 0.6 is 0 Å². The van der Waals surface area contributed by atoms with Crippen molar-refractivity contribution in [1.29, 1.82) is 0 Å². The molecule has 14 radical (unpaired) electrons. The van der Waals surface area contributed by atoms with E-state index in [2.05, 4.69) is 4.98 Å². The molecule has 3 aromatic rings. The number of carboxylic acids is 1. The number of nitrogens with one attached hydrogen (secondary N) is 1. The number of amides is 1. The molecule has 0 unspecified atom stereocenters. The number of carbonyl (C=O) groups excluding carboxylic acids is 1. The van der Waals surface area contributed by atoms with E-state index in [1.54, 1.807) is 6.92 Å². The molecule has 3 rings (SSSR count). The summed E-state index contributed by atoms with van der Waals surface area (Å²) in [4.78, 5) is 27.5. The Morgan fingerprint density at radius 3 is 2.06 bits per heavy atom. The first-order chi connectivity index (χ1) is 15.3. The zero-order valence-corrected chi connectivity index (χ0v) is 17.3. The number of aliphatic carboxylic acids is 1. The van der Waals surface area contributed by atoms with Gasteiger partial charge in [-0.25, -0.2) is 4.98 Å². The second-order valence-corrected chi connectivity index (χ2v) is 7.23. The third-order valence-corrected chi connectivity index (χ3v) is 4.90. The molecule has 1 amide bonds. The molecule has 0 saturated carbocycles. The van der Waals surface area contributed by atoms with Gasteiger partial charge in [0.15, 0.2) is 11.4 Å². The average molecular weight is 421 g/mol. The highest BCUT2D eigenvalue weighted by molar-refractivity contribution is 6.67. The monoisotopic (exact) mass is 422 g/mol. The molecule has 0 aliphatic heterocycles. The summed E-state index contributed by atoms with van der Waals surface area (Å²) in [6, 6.07) is 4.41. The summed E-state index contributed by atoms with van der Waals surface area (Å²) >= 11 is 0. The van der Waals surface area contributed by atoms with Gasteiger partial charge in [-0.1, -0.05) is 10.9 Å². The smallest absolute Gasteiger partial charge is 0.310 e. The van der Waals surface area contributed by atoms with Crippen molar-refractivity contribution in [2.45, 2.75) is 12.3 Å². The maximum atomic E-state index is 12.4. The van der Waals surface area contributed by atoms with Crippen molar-refractivity contribution in [3.05, 3.63) is 29.6 Å². The third kappa shape index (κ3) is 4.39. The van der Waals surface area contributed by atoms with E-state index in [1.165, 1.54) is 18.2 Å². The van der Waals surface area contributed by atoms with E-state index in [4.69, 9.17) is 64.8 Å². The maximum Gasteiger partial charge on any atom is 0.310 e. The summed E-state index contributed by atoms with van der Waals surface area (Å²) in [6.07, 6.45) is 0. The molecule has 0 saturated heterocycles. The SMILES string of the molecule is [B]c1c([B])c([B])c(Oc2ccc3c(O)c(C(=O)NC([B])([B])C(=O)O)nc(C)c3c2)c([B])c1[B]. The van der Waals surface area contributed by atoms with Crippen LogP contribution in [0.4, 0.5) is 0 Å². The topological polar surface area (TPSA) is 109 Å². The maximum absolute atomic E-state index is 12.4. The molecule has 1 heterocycles. The standard InChI is InChI=1S/C19H9B7N2O5/c1-5-8-4-6(33-16-12(23)10(21)9(20)11(22)13(16)24)2-3-7(8)15(29)14(27-5)17(30)28-19(25,26)18(31)32/h2-4,29H,1H3,(H,28,30)(H,31,32). The van der Waals surface area contributed by atoms with E-state index in [0.29, 0.717) is 11.1 Å². The fraction of sp³-hybridized carbons (Fsp3) is 0.105. The van der Waals surface area contributed by atoms with Gasteiger partial charge in [-0.3, -0.25) is 9.59 Å². The first-order valence-electron chi connectivity index (χ1n) is 9.22. The number of rotatable bonds is 5. The summed E-state index contributed by atoms with van der Waals surface area (Å²) in [6.45, 7) is 1.56. The lowest BCUT2D eigenvalue weighted by Crippen LogP contribution is -2.55. The zero-order chi connectivity index (χ0) is 24.8. The number of carbonyl (C=O) groups is 2. The number of benzene rings is 2.